The van der Waals surface area contributed by atoms with Gasteiger partial charge in [-0.25, -0.2) is 0 Å². The van der Waals surface area contributed by atoms with Crippen molar-refractivity contribution >= 4 is 5.96 Å². The van der Waals surface area contributed by atoms with Crippen LogP contribution < -0.4 is 15.4 Å². The van der Waals surface area contributed by atoms with E-state index in [2.05, 4.69) is 15.6 Å². The molecular formula is C18H27F3N4O. The SMILES string of the molecule is CCOc1ccccc1CCNC(=NC)NC1CCN(CC(F)(F)F)C1. The van der Waals surface area contributed by atoms with Gasteiger partial charge in [0.25, 0.3) is 0 Å². The second kappa shape index (κ2) is 9.66. The molecule has 0 amide bonds. The molecule has 1 saturated heterocycles. The number of para-hydroxylation sites is 1. The van der Waals surface area contributed by atoms with Crippen LogP contribution in [0.3, 0.4) is 0 Å². The molecule has 0 spiro atoms. The molecule has 0 bridgehead atoms. The van der Waals surface area contributed by atoms with E-state index in [0.29, 0.717) is 38.6 Å². The van der Waals surface area contributed by atoms with E-state index < -0.39 is 12.7 Å². The van der Waals surface area contributed by atoms with Crippen LogP contribution in [0.25, 0.3) is 0 Å². The summed E-state index contributed by atoms with van der Waals surface area (Å²) in [5.74, 6) is 1.48. The van der Waals surface area contributed by atoms with E-state index in [0.717, 1.165) is 17.7 Å². The van der Waals surface area contributed by atoms with Gasteiger partial charge in [0, 0.05) is 32.7 Å². The van der Waals surface area contributed by atoms with E-state index in [4.69, 9.17) is 4.74 Å². The van der Waals surface area contributed by atoms with Crippen molar-refractivity contribution in [1.82, 2.24) is 15.5 Å². The van der Waals surface area contributed by atoms with Crippen molar-refractivity contribution in [1.29, 1.82) is 0 Å². The molecule has 1 aromatic rings. The van der Waals surface area contributed by atoms with Crippen molar-refractivity contribution in [3.05, 3.63) is 29.8 Å². The minimum atomic E-state index is -4.15. The lowest BCUT2D eigenvalue weighted by Gasteiger charge is -2.20. The van der Waals surface area contributed by atoms with E-state index in [-0.39, 0.29) is 6.04 Å². The van der Waals surface area contributed by atoms with Gasteiger partial charge < -0.3 is 15.4 Å². The number of ether oxygens (including phenoxy) is 1. The molecule has 1 fully saturated rings. The highest BCUT2D eigenvalue weighted by Gasteiger charge is 2.34. The molecular weight excluding hydrogens is 345 g/mol. The number of hydrogen-bond donors (Lipinski definition) is 2. The van der Waals surface area contributed by atoms with E-state index in [1.807, 2.05) is 31.2 Å². The van der Waals surface area contributed by atoms with Crippen molar-refractivity contribution in [3.8, 4) is 5.75 Å². The Balaban J connectivity index is 1.77. The Bertz CT molecular complexity index is 592. The highest BCUT2D eigenvalue weighted by Crippen LogP contribution is 2.20. The predicted molar refractivity (Wildman–Crippen MR) is 96.7 cm³/mol. The van der Waals surface area contributed by atoms with Gasteiger partial charge in [0.2, 0.25) is 0 Å². The second-order valence-electron chi connectivity index (χ2n) is 6.27. The van der Waals surface area contributed by atoms with Gasteiger partial charge in [0.1, 0.15) is 5.75 Å². The quantitative estimate of drug-likeness (QED) is 0.570. The first kappa shape index (κ1) is 20.4. The van der Waals surface area contributed by atoms with Crippen molar-refractivity contribution in [3.63, 3.8) is 0 Å². The number of rotatable bonds is 7. The Hall–Kier alpha value is -1.96. The summed E-state index contributed by atoms with van der Waals surface area (Å²) in [7, 11) is 1.66. The highest BCUT2D eigenvalue weighted by atomic mass is 19.4. The molecule has 26 heavy (non-hydrogen) atoms. The van der Waals surface area contributed by atoms with E-state index in [9.17, 15) is 13.2 Å². The maximum Gasteiger partial charge on any atom is 0.401 e. The normalized spacial score (nSPS) is 18.8. The fourth-order valence-electron chi connectivity index (χ4n) is 3.06. The van der Waals surface area contributed by atoms with Gasteiger partial charge in [-0.2, -0.15) is 13.2 Å². The van der Waals surface area contributed by atoms with Crippen LogP contribution in [-0.2, 0) is 6.42 Å². The third-order valence-corrected chi connectivity index (χ3v) is 4.20. The molecule has 1 aromatic carbocycles. The fourth-order valence-corrected chi connectivity index (χ4v) is 3.06. The topological polar surface area (TPSA) is 48.9 Å². The molecule has 0 aliphatic carbocycles. The molecule has 1 heterocycles. The van der Waals surface area contributed by atoms with Gasteiger partial charge in [0.15, 0.2) is 5.96 Å². The zero-order valence-corrected chi connectivity index (χ0v) is 15.3. The number of nitrogens with zero attached hydrogens (tertiary/aromatic N) is 2. The van der Waals surface area contributed by atoms with Crippen LogP contribution in [0.1, 0.15) is 18.9 Å². The number of nitrogens with one attached hydrogen (secondary N) is 2. The summed E-state index contributed by atoms with van der Waals surface area (Å²) in [5.41, 5.74) is 1.11. The predicted octanol–water partition coefficient (Wildman–Crippen LogP) is 2.43. The lowest BCUT2D eigenvalue weighted by Crippen LogP contribution is -2.45. The summed E-state index contributed by atoms with van der Waals surface area (Å²) < 4.78 is 43.0. The monoisotopic (exact) mass is 372 g/mol. The van der Waals surface area contributed by atoms with Gasteiger partial charge in [-0.05, 0) is 31.4 Å². The first-order valence-corrected chi connectivity index (χ1v) is 8.88. The average Bonchev–Trinajstić information content (AvgIpc) is 3.00. The van der Waals surface area contributed by atoms with Gasteiger partial charge in [-0.1, -0.05) is 18.2 Å². The van der Waals surface area contributed by atoms with Crippen LogP contribution in [-0.4, -0.2) is 62.9 Å². The van der Waals surface area contributed by atoms with Crippen molar-refractivity contribution in [2.24, 2.45) is 4.99 Å². The van der Waals surface area contributed by atoms with Crippen LogP contribution in [0, 0.1) is 0 Å². The minimum absolute atomic E-state index is 0.0285. The Labute approximate surface area is 152 Å². The molecule has 2 N–H and O–H groups in total. The number of alkyl halides is 3. The number of halogens is 3. The Morgan fingerprint density at radius 3 is 2.81 bits per heavy atom. The molecule has 2 rings (SSSR count). The number of hydrogen-bond acceptors (Lipinski definition) is 3. The summed E-state index contributed by atoms with van der Waals surface area (Å²) in [4.78, 5) is 5.58. The summed E-state index contributed by atoms with van der Waals surface area (Å²) in [6, 6.07) is 7.85. The number of likely N-dealkylation sites (tertiary alicyclic amines) is 1. The molecule has 5 nitrogen and oxygen atoms in total. The molecule has 1 unspecified atom stereocenters. The van der Waals surface area contributed by atoms with Crippen molar-refractivity contribution in [2.45, 2.75) is 32.0 Å². The maximum atomic E-state index is 12.5. The molecule has 1 atom stereocenters. The number of aliphatic imine (C=N–C) groups is 1. The van der Waals surface area contributed by atoms with E-state index in [1.165, 1.54) is 4.90 Å². The number of benzene rings is 1. The fraction of sp³-hybridized carbons (Fsp3) is 0.611. The zero-order valence-electron chi connectivity index (χ0n) is 15.3. The largest absolute Gasteiger partial charge is 0.494 e. The molecule has 0 saturated carbocycles. The molecule has 0 radical (unpaired) electrons. The summed E-state index contributed by atoms with van der Waals surface area (Å²) >= 11 is 0. The van der Waals surface area contributed by atoms with E-state index in [1.54, 1.807) is 7.05 Å². The number of guanidine groups is 1. The molecule has 0 aromatic heterocycles. The van der Waals surface area contributed by atoms with Gasteiger partial charge in [0.05, 0.1) is 13.2 Å². The van der Waals surface area contributed by atoms with E-state index >= 15 is 0 Å². The standard InChI is InChI=1S/C18H27F3N4O/c1-3-26-16-7-5-4-6-14(16)8-10-23-17(22-2)24-15-9-11-25(12-15)13-18(19,20)21/h4-7,15H,3,8-13H2,1-2H3,(H2,22,23,24). The van der Waals surface area contributed by atoms with Gasteiger partial charge in [-0.3, -0.25) is 9.89 Å². The van der Waals surface area contributed by atoms with Gasteiger partial charge in [-0.15, -0.1) is 0 Å². The Morgan fingerprint density at radius 2 is 2.12 bits per heavy atom. The maximum absolute atomic E-state index is 12.5. The lowest BCUT2D eigenvalue weighted by molar-refractivity contribution is -0.143. The second-order valence-corrected chi connectivity index (χ2v) is 6.27. The van der Waals surface area contributed by atoms with Gasteiger partial charge >= 0.3 is 6.18 Å². The minimum Gasteiger partial charge on any atom is -0.494 e. The van der Waals surface area contributed by atoms with Crippen LogP contribution in [0.15, 0.2) is 29.3 Å². The van der Waals surface area contributed by atoms with Crippen LogP contribution >= 0.6 is 0 Å². The molecule has 1 aliphatic heterocycles. The van der Waals surface area contributed by atoms with Crippen molar-refractivity contribution in [2.75, 3.05) is 39.8 Å². The third-order valence-electron chi connectivity index (χ3n) is 4.20. The smallest absolute Gasteiger partial charge is 0.401 e. The Morgan fingerprint density at radius 1 is 1.35 bits per heavy atom. The van der Waals surface area contributed by atoms with Crippen molar-refractivity contribution < 1.29 is 17.9 Å². The third kappa shape index (κ3) is 6.74. The molecule has 8 heteroatoms. The molecule has 1 aliphatic rings. The van der Waals surface area contributed by atoms with Crippen LogP contribution in [0.4, 0.5) is 13.2 Å². The van der Waals surface area contributed by atoms with Crippen LogP contribution in [0.2, 0.25) is 0 Å². The first-order valence-electron chi connectivity index (χ1n) is 8.88. The average molecular weight is 372 g/mol. The summed E-state index contributed by atoms with van der Waals surface area (Å²) in [6.07, 6.45) is -2.71. The zero-order chi connectivity index (χ0) is 19.0. The Kier molecular flexibility index (Phi) is 7.56. The lowest BCUT2D eigenvalue weighted by atomic mass is 10.1. The molecule has 146 valence electrons. The first-order chi connectivity index (χ1) is 12.4. The highest BCUT2D eigenvalue weighted by molar-refractivity contribution is 5.80. The van der Waals surface area contributed by atoms with Crippen LogP contribution in [0.5, 0.6) is 5.75 Å². The summed E-state index contributed by atoms with van der Waals surface area (Å²) in [5, 5.41) is 6.43. The summed E-state index contributed by atoms with van der Waals surface area (Å²) in [6.45, 7) is 3.17.